The van der Waals surface area contributed by atoms with Crippen LogP contribution in [0, 0.1) is 18.8 Å². The molecule has 3 rings (SSSR count). The van der Waals surface area contributed by atoms with Gasteiger partial charge in [-0.15, -0.1) is 23.1 Å². The molecule has 6 heteroatoms. The average molecular weight is 340 g/mol. The van der Waals surface area contributed by atoms with Crippen molar-refractivity contribution in [2.24, 2.45) is 0 Å². The van der Waals surface area contributed by atoms with Gasteiger partial charge in [-0.3, -0.25) is 0 Å². The number of nitrogens with zero attached hydrogens (tertiary/aromatic N) is 2. The molecule has 2 aromatic heterocycles. The monoisotopic (exact) mass is 340 g/mol. The van der Waals surface area contributed by atoms with Crippen LogP contribution in [0.1, 0.15) is 27.0 Å². The van der Waals surface area contributed by atoms with Crippen molar-refractivity contribution >= 4 is 39.3 Å². The number of hydrogen-bond donors (Lipinski definition) is 1. The van der Waals surface area contributed by atoms with E-state index in [9.17, 15) is 4.79 Å². The van der Waals surface area contributed by atoms with Gasteiger partial charge in [0.1, 0.15) is 16.9 Å². The highest BCUT2D eigenvalue weighted by atomic mass is 32.2. The van der Waals surface area contributed by atoms with Gasteiger partial charge in [-0.1, -0.05) is 17.9 Å². The van der Waals surface area contributed by atoms with E-state index in [0.717, 1.165) is 26.4 Å². The van der Waals surface area contributed by atoms with E-state index < -0.39 is 5.97 Å². The lowest BCUT2D eigenvalue weighted by Gasteiger charge is -2.00. The Hall–Kier alpha value is -2.36. The maximum absolute atomic E-state index is 11.1. The molecule has 4 nitrogen and oxygen atoms in total. The van der Waals surface area contributed by atoms with Crippen LogP contribution in [0.4, 0.5) is 0 Å². The first-order valence-corrected chi connectivity index (χ1v) is 8.82. The minimum Gasteiger partial charge on any atom is -0.478 e. The lowest BCUT2D eigenvalue weighted by molar-refractivity contribution is 0.0697. The summed E-state index contributed by atoms with van der Waals surface area (Å²) in [5, 5.41) is 12.0. The molecule has 0 atom stereocenters. The van der Waals surface area contributed by atoms with Crippen LogP contribution >= 0.6 is 23.1 Å². The summed E-state index contributed by atoms with van der Waals surface area (Å²) < 4.78 is 1.03. The molecule has 0 amide bonds. The lowest BCUT2D eigenvalue weighted by atomic mass is 10.1. The number of fused-ring (bicyclic) bond motifs is 1. The van der Waals surface area contributed by atoms with Crippen molar-refractivity contribution in [1.82, 2.24) is 9.97 Å². The van der Waals surface area contributed by atoms with Crippen LogP contribution in [0.2, 0.25) is 0 Å². The summed E-state index contributed by atoms with van der Waals surface area (Å²) in [6.07, 6.45) is 3.52. The molecule has 0 radical (unpaired) electrons. The Morgan fingerprint density at radius 1 is 1.26 bits per heavy atom. The fourth-order valence-electron chi connectivity index (χ4n) is 2.09. The number of carboxylic acids is 1. The van der Waals surface area contributed by atoms with Gasteiger partial charge < -0.3 is 5.11 Å². The molecule has 0 bridgehead atoms. The fourth-order valence-corrected chi connectivity index (χ4v) is 3.75. The Labute approximate surface area is 141 Å². The number of hydrogen-bond acceptors (Lipinski definition) is 5. The molecule has 114 valence electrons. The number of thiophene rings is 1. The molecule has 23 heavy (non-hydrogen) atoms. The van der Waals surface area contributed by atoms with Gasteiger partial charge in [0.2, 0.25) is 0 Å². The van der Waals surface area contributed by atoms with E-state index in [1.54, 1.807) is 47.6 Å². The standard InChI is InChI=1S/C17H12N2O2S2/c1-10-3-4-12(17(20)21)7-11(10)5-6-13-8-23-15-14(13)18-9-19-16(15)22-2/h3-4,7-9H,1-2H3,(H,20,21). The van der Waals surface area contributed by atoms with Gasteiger partial charge in [-0.25, -0.2) is 14.8 Å². The van der Waals surface area contributed by atoms with E-state index in [0.29, 0.717) is 5.56 Å². The van der Waals surface area contributed by atoms with Gasteiger partial charge in [0.15, 0.2) is 0 Å². The van der Waals surface area contributed by atoms with Crippen molar-refractivity contribution in [2.45, 2.75) is 11.9 Å². The zero-order valence-electron chi connectivity index (χ0n) is 12.5. The molecular weight excluding hydrogens is 328 g/mol. The number of aromatic carboxylic acids is 1. The molecule has 0 unspecified atom stereocenters. The molecule has 2 heterocycles. The zero-order valence-corrected chi connectivity index (χ0v) is 14.1. The smallest absolute Gasteiger partial charge is 0.335 e. The number of thioether (sulfide) groups is 1. The number of benzene rings is 1. The summed E-state index contributed by atoms with van der Waals surface area (Å²) in [5.41, 5.74) is 3.57. The highest BCUT2D eigenvalue weighted by molar-refractivity contribution is 7.98. The predicted octanol–water partition coefficient (Wildman–Crippen LogP) is 3.82. The summed E-state index contributed by atoms with van der Waals surface area (Å²) in [4.78, 5) is 19.6. The molecule has 0 aliphatic carbocycles. The van der Waals surface area contributed by atoms with Gasteiger partial charge in [0.25, 0.3) is 0 Å². The van der Waals surface area contributed by atoms with Crippen molar-refractivity contribution in [2.75, 3.05) is 6.26 Å². The molecule has 1 N–H and O–H groups in total. The normalized spacial score (nSPS) is 10.3. The number of carboxylic acid groups (broad SMARTS) is 1. The largest absolute Gasteiger partial charge is 0.478 e. The first-order valence-electron chi connectivity index (χ1n) is 6.72. The molecule has 0 fully saturated rings. The van der Waals surface area contributed by atoms with E-state index in [-0.39, 0.29) is 5.56 Å². The minimum absolute atomic E-state index is 0.238. The van der Waals surface area contributed by atoms with Crippen LogP contribution in [0.3, 0.4) is 0 Å². The van der Waals surface area contributed by atoms with E-state index in [2.05, 4.69) is 21.8 Å². The van der Waals surface area contributed by atoms with Crippen molar-refractivity contribution in [1.29, 1.82) is 0 Å². The van der Waals surface area contributed by atoms with E-state index in [1.807, 2.05) is 18.6 Å². The van der Waals surface area contributed by atoms with Crippen LogP contribution in [0.5, 0.6) is 0 Å². The fraction of sp³-hybridized carbons (Fsp3) is 0.118. The first-order chi connectivity index (χ1) is 11.1. The maximum Gasteiger partial charge on any atom is 0.335 e. The summed E-state index contributed by atoms with van der Waals surface area (Å²) in [5.74, 6) is 5.22. The Kier molecular flexibility index (Phi) is 4.33. The van der Waals surface area contributed by atoms with Gasteiger partial charge in [-0.05, 0) is 30.9 Å². The van der Waals surface area contributed by atoms with E-state index in [1.165, 1.54) is 0 Å². The molecular formula is C17H12N2O2S2. The van der Waals surface area contributed by atoms with E-state index in [4.69, 9.17) is 5.11 Å². The van der Waals surface area contributed by atoms with E-state index >= 15 is 0 Å². The van der Waals surface area contributed by atoms with Crippen LogP contribution in [0.15, 0.2) is 34.9 Å². The summed E-state index contributed by atoms with van der Waals surface area (Å²) >= 11 is 3.15. The molecule has 0 spiro atoms. The quantitative estimate of drug-likeness (QED) is 0.436. The summed E-state index contributed by atoms with van der Waals surface area (Å²) in [7, 11) is 0. The number of rotatable bonds is 2. The average Bonchev–Trinajstić information content (AvgIpc) is 2.97. The number of aryl methyl sites for hydroxylation is 1. The SMILES string of the molecule is CSc1ncnc2c(C#Cc3cc(C(=O)O)ccc3C)csc12. The second-order valence-corrected chi connectivity index (χ2v) is 6.47. The van der Waals surface area contributed by atoms with Gasteiger partial charge >= 0.3 is 5.97 Å². The lowest BCUT2D eigenvalue weighted by Crippen LogP contribution is -1.97. The minimum atomic E-state index is -0.952. The highest BCUT2D eigenvalue weighted by Crippen LogP contribution is 2.30. The maximum atomic E-state index is 11.1. The third kappa shape index (κ3) is 3.07. The second-order valence-electron chi connectivity index (χ2n) is 4.79. The van der Waals surface area contributed by atoms with Crippen molar-refractivity contribution in [3.63, 3.8) is 0 Å². The van der Waals surface area contributed by atoms with Crippen molar-refractivity contribution < 1.29 is 9.90 Å². The predicted molar refractivity (Wildman–Crippen MR) is 93.3 cm³/mol. The van der Waals surface area contributed by atoms with Crippen LogP contribution < -0.4 is 0 Å². The number of carbonyl (C=O) groups is 1. The van der Waals surface area contributed by atoms with Gasteiger partial charge in [0, 0.05) is 10.9 Å². The molecule has 0 saturated heterocycles. The first kappa shape index (κ1) is 15.5. The van der Waals surface area contributed by atoms with Gasteiger partial charge in [-0.2, -0.15) is 0 Å². The second kappa shape index (κ2) is 6.41. The van der Waals surface area contributed by atoms with Crippen molar-refractivity contribution in [3.05, 3.63) is 52.2 Å². The van der Waals surface area contributed by atoms with Crippen LogP contribution in [0.25, 0.3) is 10.2 Å². The molecule has 0 aliphatic heterocycles. The Bertz CT molecular complexity index is 968. The highest BCUT2D eigenvalue weighted by Gasteiger charge is 2.09. The zero-order chi connectivity index (χ0) is 16.4. The topological polar surface area (TPSA) is 63.1 Å². The third-order valence-corrected chi connectivity index (χ3v) is 5.13. The van der Waals surface area contributed by atoms with Crippen LogP contribution in [-0.2, 0) is 0 Å². The van der Waals surface area contributed by atoms with Crippen molar-refractivity contribution in [3.8, 4) is 11.8 Å². The Morgan fingerprint density at radius 2 is 2.04 bits per heavy atom. The molecule has 3 aromatic rings. The molecule has 1 aromatic carbocycles. The van der Waals surface area contributed by atoms with Crippen LogP contribution in [-0.4, -0.2) is 27.3 Å². The Morgan fingerprint density at radius 3 is 2.78 bits per heavy atom. The third-order valence-electron chi connectivity index (χ3n) is 3.33. The summed E-state index contributed by atoms with van der Waals surface area (Å²) in [6, 6.07) is 4.95. The molecule has 0 saturated carbocycles. The molecule has 0 aliphatic rings. The Balaban J connectivity index is 2.06. The van der Waals surface area contributed by atoms with Gasteiger partial charge in [0.05, 0.1) is 15.8 Å². The summed E-state index contributed by atoms with van der Waals surface area (Å²) in [6.45, 7) is 1.91. The number of aromatic nitrogens is 2.